The number of rotatable bonds is 6. The normalized spacial score (nSPS) is 15.4. The third-order valence-corrected chi connectivity index (χ3v) is 3.70. The largest absolute Gasteiger partial charge is 0.494 e. The number of ether oxygens (including phenoxy) is 1. The van der Waals surface area contributed by atoms with E-state index in [-0.39, 0.29) is 18.3 Å². The molecule has 2 N–H and O–H groups in total. The first kappa shape index (κ1) is 16.5. The smallest absolute Gasteiger partial charge is 0.165 e. The van der Waals surface area contributed by atoms with Crippen LogP contribution in [-0.2, 0) is 5.60 Å². The summed E-state index contributed by atoms with van der Waals surface area (Å²) in [4.78, 5) is 0. The summed E-state index contributed by atoms with van der Waals surface area (Å²) in [5.74, 6) is 1.07. The number of benzene rings is 1. The van der Waals surface area contributed by atoms with Gasteiger partial charge in [-0.15, -0.1) is 0 Å². The molecule has 2 unspecified atom stereocenters. The second kappa shape index (κ2) is 6.50. The van der Waals surface area contributed by atoms with Crippen molar-refractivity contribution in [3.63, 3.8) is 0 Å². The molecule has 0 aliphatic carbocycles. The molecule has 0 aliphatic rings. The summed E-state index contributed by atoms with van der Waals surface area (Å²) in [5.41, 5.74) is -0.349. The average molecular weight is 307 g/mol. The minimum atomic E-state index is -1.13. The highest BCUT2D eigenvalue weighted by molar-refractivity contribution is 5.30. The van der Waals surface area contributed by atoms with Crippen LogP contribution in [0.5, 0.6) is 5.75 Å². The number of aryl methyl sites for hydroxylation is 1. The van der Waals surface area contributed by atoms with Gasteiger partial charge in [0.05, 0.1) is 7.11 Å². The van der Waals surface area contributed by atoms with Crippen molar-refractivity contribution >= 4 is 0 Å². The first-order chi connectivity index (χ1) is 10.3. The van der Waals surface area contributed by atoms with Crippen LogP contribution in [0.25, 0.3) is 0 Å². The number of hydrogen-bond donors (Lipinski definition) is 2. The number of aliphatic hydroxyl groups is 1. The van der Waals surface area contributed by atoms with Gasteiger partial charge in [-0.25, -0.2) is 4.39 Å². The van der Waals surface area contributed by atoms with Gasteiger partial charge in [0.25, 0.3) is 0 Å². The van der Waals surface area contributed by atoms with Crippen molar-refractivity contribution < 1.29 is 18.7 Å². The van der Waals surface area contributed by atoms with Gasteiger partial charge in [0.2, 0.25) is 0 Å². The Morgan fingerprint density at radius 1 is 1.36 bits per heavy atom. The third-order valence-electron chi connectivity index (χ3n) is 3.70. The molecule has 0 spiro atoms. The van der Waals surface area contributed by atoms with E-state index < -0.39 is 11.4 Å². The Morgan fingerprint density at radius 3 is 2.64 bits per heavy atom. The van der Waals surface area contributed by atoms with Crippen molar-refractivity contribution in [1.82, 2.24) is 5.32 Å². The maximum Gasteiger partial charge on any atom is 0.165 e. The molecular weight excluding hydrogens is 285 g/mol. The highest BCUT2D eigenvalue weighted by Crippen LogP contribution is 2.25. The molecule has 22 heavy (non-hydrogen) atoms. The Kier molecular flexibility index (Phi) is 4.88. The Labute approximate surface area is 129 Å². The van der Waals surface area contributed by atoms with E-state index in [1.165, 1.54) is 13.2 Å². The van der Waals surface area contributed by atoms with Gasteiger partial charge in [-0.1, -0.05) is 6.07 Å². The van der Waals surface area contributed by atoms with Crippen LogP contribution in [0.4, 0.5) is 4.39 Å². The van der Waals surface area contributed by atoms with Gasteiger partial charge in [-0.2, -0.15) is 0 Å². The van der Waals surface area contributed by atoms with Gasteiger partial charge >= 0.3 is 0 Å². The summed E-state index contributed by atoms with van der Waals surface area (Å²) in [6.07, 6.45) is 0. The fourth-order valence-electron chi connectivity index (χ4n) is 2.23. The van der Waals surface area contributed by atoms with E-state index in [2.05, 4.69) is 5.32 Å². The number of nitrogens with one attached hydrogen (secondary N) is 1. The number of furan rings is 1. The van der Waals surface area contributed by atoms with Crippen molar-refractivity contribution in [3.8, 4) is 5.75 Å². The molecule has 0 bridgehead atoms. The number of methoxy groups -OCH3 is 1. The maximum absolute atomic E-state index is 13.7. The molecule has 0 aliphatic heterocycles. The second-order valence-corrected chi connectivity index (χ2v) is 5.68. The molecule has 0 saturated heterocycles. The topological polar surface area (TPSA) is 54.6 Å². The van der Waals surface area contributed by atoms with Gasteiger partial charge in [0.1, 0.15) is 17.1 Å². The number of halogens is 1. The fraction of sp³-hybridized carbons (Fsp3) is 0.412. The van der Waals surface area contributed by atoms with Crippen LogP contribution >= 0.6 is 0 Å². The standard InChI is InChI=1S/C17H22FNO3/c1-11-5-8-16(22-11)17(3,20)10-19-12(2)13-6-7-15(21-4)14(18)9-13/h5-9,12,19-20H,10H2,1-4H3. The molecule has 5 heteroatoms. The summed E-state index contributed by atoms with van der Waals surface area (Å²) >= 11 is 0. The summed E-state index contributed by atoms with van der Waals surface area (Å²) in [6.45, 7) is 5.70. The molecular formula is C17H22FNO3. The maximum atomic E-state index is 13.7. The lowest BCUT2D eigenvalue weighted by Crippen LogP contribution is -2.36. The predicted molar refractivity (Wildman–Crippen MR) is 82.4 cm³/mol. The van der Waals surface area contributed by atoms with Gasteiger partial charge in [-0.05, 0) is 50.6 Å². The van der Waals surface area contributed by atoms with Crippen LogP contribution < -0.4 is 10.1 Å². The van der Waals surface area contributed by atoms with E-state index in [0.717, 1.165) is 11.3 Å². The molecule has 2 aromatic rings. The minimum absolute atomic E-state index is 0.122. The minimum Gasteiger partial charge on any atom is -0.494 e. The molecule has 1 aromatic carbocycles. The first-order valence-corrected chi connectivity index (χ1v) is 7.19. The lowest BCUT2D eigenvalue weighted by molar-refractivity contribution is 0.0313. The molecule has 1 aromatic heterocycles. The highest BCUT2D eigenvalue weighted by Gasteiger charge is 2.27. The zero-order chi connectivity index (χ0) is 16.3. The average Bonchev–Trinajstić information content (AvgIpc) is 2.92. The molecule has 1 heterocycles. The van der Waals surface area contributed by atoms with E-state index in [4.69, 9.17) is 9.15 Å². The van der Waals surface area contributed by atoms with E-state index in [0.29, 0.717) is 5.76 Å². The molecule has 0 radical (unpaired) electrons. The summed E-state index contributed by atoms with van der Waals surface area (Å²) in [7, 11) is 1.43. The summed E-state index contributed by atoms with van der Waals surface area (Å²) in [6, 6.07) is 8.27. The van der Waals surface area contributed by atoms with Crippen LogP contribution in [0.15, 0.2) is 34.7 Å². The van der Waals surface area contributed by atoms with E-state index in [1.54, 1.807) is 25.1 Å². The highest BCUT2D eigenvalue weighted by atomic mass is 19.1. The zero-order valence-corrected chi connectivity index (χ0v) is 13.3. The third kappa shape index (κ3) is 3.67. The molecule has 2 atom stereocenters. The Morgan fingerprint density at radius 2 is 2.09 bits per heavy atom. The van der Waals surface area contributed by atoms with Gasteiger partial charge in [0.15, 0.2) is 11.6 Å². The Bertz CT molecular complexity index is 637. The first-order valence-electron chi connectivity index (χ1n) is 7.19. The summed E-state index contributed by atoms with van der Waals surface area (Å²) in [5, 5.41) is 13.7. The van der Waals surface area contributed by atoms with Crippen LogP contribution in [0, 0.1) is 12.7 Å². The van der Waals surface area contributed by atoms with Crippen LogP contribution in [0.3, 0.4) is 0 Å². The van der Waals surface area contributed by atoms with Gasteiger partial charge in [-0.3, -0.25) is 0 Å². The Balaban J connectivity index is 2.03. The molecule has 120 valence electrons. The monoisotopic (exact) mass is 307 g/mol. The molecule has 0 amide bonds. The molecule has 4 nitrogen and oxygen atoms in total. The van der Waals surface area contributed by atoms with Crippen LogP contribution in [0.1, 0.15) is 37.0 Å². The van der Waals surface area contributed by atoms with Crippen molar-refractivity contribution in [2.75, 3.05) is 13.7 Å². The Hall–Kier alpha value is -1.85. The zero-order valence-electron chi connectivity index (χ0n) is 13.3. The second-order valence-electron chi connectivity index (χ2n) is 5.68. The molecule has 0 saturated carbocycles. The van der Waals surface area contributed by atoms with E-state index in [9.17, 15) is 9.50 Å². The quantitative estimate of drug-likeness (QED) is 0.860. The predicted octanol–water partition coefficient (Wildman–Crippen LogP) is 3.29. The van der Waals surface area contributed by atoms with Gasteiger partial charge < -0.3 is 19.6 Å². The van der Waals surface area contributed by atoms with Crippen LogP contribution in [0.2, 0.25) is 0 Å². The molecule has 2 rings (SSSR count). The summed E-state index contributed by atoms with van der Waals surface area (Å²) < 4.78 is 24.1. The lowest BCUT2D eigenvalue weighted by atomic mass is 10.0. The van der Waals surface area contributed by atoms with Crippen LogP contribution in [-0.4, -0.2) is 18.8 Å². The lowest BCUT2D eigenvalue weighted by Gasteiger charge is -2.24. The van der Waals surface area contributed by atoms with E-state index >= 15 is 0 Å². The molecule has 0 fully saturated rings. The fourth-order valence-corrected chi connectivity index (χ4v) is 2.23. The van der Waals surface area contributed by atoms with E-state index in [1.807, 2.05) is 19.9 Å². The van der Waals surface area contributed by atoms with Crippen molar-refractivity contribution in [2.24, 2.45) is 0 Å². The van der Waals surface area contributed by atoms with Crippen molar-refractivity contribution in [1.29, 1.82) is 0 Å². The van der Waals surface area contributed by atoms with Gasteiger partial charge in [0, 0.05) is 12.6 Å². The SMILES string of the molecule is COc1ccc(C(C)NCC(C)(O)c2ccc(C)o2)cc1F. The van der Waals surface area contributed by atoms with Crippen molar-refractivity contribution in [2.45, 2.75) is 32.4 Å². The number of hydrogen-bond acceptors (Lipinski definition) is 4. The van der Waals surface area contributed by atoms with Crippen molar-refractivity contribution in [3.05, 3.63) is 53.2 Å².